The molecule has 4 rings (SSSR count). The molecule has 2 aromatic heterocycles. The summed E-state index contributed by atoms with van der Waals surface area (Å²) in [5.74, 6) is 1.34. The van der Waals surface area contributed by atoms with Crippen LogP contribution < -0.4 is 4.74 Å². The molecule has 0 saturated carbocycles. The van der Waals surface area contributed by atoms with Gasteiger partial charge < -0.3 is 18.8 Å². The van der Waals surface area contributed by atoms with Gasteiger partial charge in [0.05, 0.1) is 25.0 Å². The zero-order valence-corrected chi connectivity index (χ0v) is 19.0. The Morgan fingerprint density at radius 1 is 1.09 bits per heavy atom. The number of aromatic nitrogens is 2. The predicted molar refractivity (Wildman–Crippen MR) is 125 cm³/mol. The second-order valence-corrected chi connectivity index (χ2v) is 7.74. The Hall–Kier alpha value is -3.84. The van der Waals surface area contributed by atoms with E-state index in [-0.39, 0.29) is 18.2 Å². The van der Waals surface area contributed by atoms with E-state index < -0.39 is 0 Å². The van der Waals surface area contributed by atoms with E-state index in [4.69, 9.17) is 19.0 Å². The topological polar surface area (TPSA) is 69.7 Å². The molecule has 0 unspecified atom stereocenters. The molecule has 0 spiro atoms. The van der Waals surface area contributed by atoms with Gasteiger partial charge in [-0.15, -0.1) is 0 Å². The van der Waals surface area contributed by atoms with Gasteiger partial charge in [0.2, 0.25) is 5.88 Å². The van der Waals surface area contributed by atoms with Gasteiger partial charge in [0.1, 0.15) is 11.4 Å². The third-order valence-corrected chi connectivity index (χ3v) is 5.27. The summed E-state index contributed by atoms with van der Waals surface area (Å²) in [5, 5.41) is 4.75. The maximum Gasteiger partial charge on any atom is 0.289 e. The molecule has 0 fully saturated rings. The lowest BCUT2D eigenvalue weighted by atomic mass is 10.1. The number of amides is 1. The van der Waals surface area contributed by atoms with Crippen molar-refractivity contribution in [1.29, 1.82) is 0 Å². The van der Waals surface area contributed by atoms with Crippen LogP contribution >= 0.6 is 0 Å². The van der Waals surface area contributed by atoms with Crippen LogP contribution in [-0.2, 0) is 18.3 Å². The SMILES string of the molecule is COCCN(Cc1c(-c2ccccc2)nn(C)c1Oc1cccc(C)c1)C(=O)c1ccco1. The van der Waals surface area contributed by atoms with Gasteiger partial charge in [-0.3, -0.25) is 4.79 Å². The molecule has 0 N–H and O–H groups in total. The van der Waals surface area contributed by atoms with Gasteiger partial charge in [-0.25, -0.2) is 4.68 Å². The minimum absolute atomic E-state index is 0.221. The number of carbonyl (C=O) groups is 1. The molecule has 7 heteroatoms. The van der Waals surface area contributed by atoms with E-state index in [2.05, 4.69) is 0 Å². The van der Waals surface area contributed by atoms with Crippen LogP contribution in [0.2, 0.25) is 0 Å². The van der Waals surface area contributed by atoms with E-state index in [9.17, 15) is 4.79 Å². The number of nitrogens with zero attached hydrogens (tertiary/aromatic N) is 3. The first-order valence-electron chi connectivity index (χ1n) is 10.7. The Balaban J connectivity index is 1.76. The van der Waals surface area contributed by atoms with Gasteiger partial charge in [-0.2, -0.15) is 5.10 Å². The highest BCUT2D eigenvalue weighted by Crippen LogP contribution is 2.34. The Labute approximate surface area is 193 Å². The maximum atomic E-state index is 13.2. The van der Waals surface area contributed by atoms with Gasteiger partial charge in [0.25, 0.3) is 5.91 Å². The lowest BCUT2D eigenvalue weighted by molar-refractivity contribution is 0.0648. The van der Waals surface area contributed by atoms with Gasteiger partial charge >= 0.3 is 0 Å². The summed E-state index contributed by atoms with van der Waals surface area (Å²) in [6, 6.07) is 21.1. The number of furan rings is 1. The fourth-order valence-corrected chi connectivity index (χ4v) is 3.64. The Morgan fingerprint density at radius 2 is 1.91 bits per heavy atom. The average Bonchev–Trinajstić information content (AvgIpc) is 3.46. The number of aryl methyl sites for hydroxylation is 2. The number of hydrogen-bond donors (Lipinski definition) is 0. The zero-order valence-electron chi connectivity index (χ0n) is 19.0. The van der Waals surface area contributed by atoms with Crippen LogP contribution in [0.15, 0.2) is 77.4 Å². The predicted octanol–water partition coefficient (Wildman–Crippen LogP) is 5.07. The van der Waals surface area contributed by atoms with E-state index in [1.165, 1.54) is 6.26 Å². The summed E-state index contributed by atoms with van der Waals surface area (Å²) in [6.07, 6.45) is 1.49. The fourth-order valence-electron chi connectivity index (χ4n) is 3.64. The van der Waals surface area contributed by atoms with Crippen LogP contribution in [0.25, 0.3) is 11.3 Å². The lowest BCUT2D eigenvalue weighted by Crippen LogP contribution is -2.33. The van der Waals surface area contributed by atoms with Crippen molar-refractivity contribution in [3.05, 3.63) is 89.9 Å². The minimum atomic E-state index is -0.221. The molecule has 1 amide bonds. The van der Waals surface area contributed by atoms with Crippen LogP contribution in [0.1, 0.15) is 21.7 Å². The summed E-state index contributed by atoms with van der Waals surface area (Å²) in [7, 11) is 3.45. The Bertz CT molecular complexity index is 1200. The molecular formula is C26H27N3O4. The third kappa shape index (κ3) is 5.15. The van der Waals surface area contributed by atoms with Gasteiger partial charge in [0.15, 0.2) is 5.76 Å². The lowest BCUT2D eigenvalue weighted by Gasteiger charge is -2.22. The van der Waals surface area contributed by atoms with Crippen molar-refractivity contribution in [3.8, 4) is 22.9 Å². The van der Waals surface area contributed by atoms with Crippen LogP contribution in [0.5, 0.6) is 11.6 Å². The van der Waals surface area contributed by atoms with Gasteiger partial charge in [-0.1, -0.05) is 42.5 Å². The number of rotatable bonds is 9. The van der Waals surface area contributed by atoms with Crippen molar-refractivity contribution in [2.75, 3.05) is 20.3 Å². The molecule has 4 aromatic rings. The summed E-state index contributed by atoms with van der Waals surface area (Å²) in [5.41, 5.74) is 3.60. The smallest absolute Gasteiger partial charge is 0.289 e. The summed E-state index contributed by atoms with van der Waals surface area (Å²) < 4.78 is 18.7. The normalized spacial score (nSPS) is 10.9. The fraction of sp³-hybridized carbons (Fsp3) is 0.231. The van der Waals surface area contributed by atoms with Gasteiger partial charge in [-0.05, 0) is 36.8 Å². The number of benzene rings is 2. The zero-order chi connectivity index (χ0) is 23.2. The quantitative estimate of drug-likeness (QED) is 0.360. The monoisotopic (exact) mass is 445 g/mol. The molecule has 0 aliphatic rings. The maximum absolute atomic E-state index is 13.2. The van der Waals surface area contributed by atoms with Crippen LogP contribution in [-0.4, -0.2) is 40.8 Å². The first-order chi connectivity index (χ1) is 16.1. The highest BCUT2D eigenvalue weighted by Gasteiger charge is 2.26. The van der Waals surface area contributed by atoms with Crippen molar-refractivity contribution >= 4 is 5.91 Å². The highest BCUT2D eigenvalue weighted by molar-refractivity contribution is 5.91. The minimum Gasteiger partial charge on any atom is -0.459 e. The van der Waals surface area contributed by atoms with Crippen molar-refractivity contribution in [2.45, 2.75) is 13.5 Å². The van der Waals surface area contributed by atoms with E-state index in [0.29, 0.717) is 24.8 Å². The molecule has 2 aromatic carbocycles. The first-order valence-corrected chi connectivity index (χ1v) is 10.7. The summed E-state index contributed by atoms with van der Waals surface area (Å²) >= 11 is 0. The molecular weight excluding hydrogens is 418 g/mol. The number of carbonyl (C=O) groups excluding carboxylic acids is 1. The Morgan fingerprint density at radius 3 is 2.61 bits per heavy atom. The second kappa shape index (κ2) is 10.2. The van der Waals surface area contributed by atoms with Gasteiger partial charge in [0, 0.05) is 26.3 Å². The summed E-state index contributed by atoms with van der Waals surface area (Å²) in [6.45, 7) is 3.08. The molecule has 2 heterocycles. The summed E-state index contributed by atoms with van der Waals surface area (Å²) in [4.78, 5) is 14.9. The highest BCUT2D eigenvalue weighted by atomic mass is 16.5. The van der Waals surface area contributed by atoms with Crippen molar-refractivity contribution in [1.82, 2.24) is 14.7 Å². The molecule has 7 nitrogen and oxygen atoms in total. The molecule has 0 bridgehead atoms. The third-order valence-electron chi connectivity index (χ3n) is 5.27. The second-order valence-electron chi connectivity index (χ2n) is 7.74. The molecule has 0 radical (unpaired) electrons. The molecule has 0 atom stereocenters. The standard InChI is InChI=1S/C26H27N3O4/c1-19-9-7-12-21(17-19)33-26-22(24(27-28(26)2)20-10-5-4-6-11-20)18-29(14-16-31-3)25(30)23-13-8-15-32-23/h4-13,15,17H,14,16,18H2,1-3H3. The van der Waals surface area contributed by atoms with Crippen molar-refractivity contribution in [2.24, 2.45) is 7.05 Å². The molecule has 170 valence electrons. The van der Waals surface area contributed by atoms with Crippen LogP contribution in [0.4, 0.5) is 0 Å². The van der Waals surface area contributed by atoms with Crippen molar-refractivity contribution in [3.63, 3.8) is 0 Å². The van der Waals surface area contributed by atoms with E-state index in [0.717, 1.165) is 22.4 Å². The number of ether oxygens (including phenoxy) is 2. The molecule has 0 saturated heterocycles. The van der Waals surface area contributed by atoms with Crippen LogP contribution in [0, 0.1) is 6.92 Å². The van der Waals surface area contributed by atoms with E-state index in [1.54, 1.807) is 28.8 Å². The Kier molecular flexibility index (Phi) is 6.90. The first kappa shape index (κ1) is 22.4. The number of methoxy groups -OCH3 is 1. The van der Waals surface area contributed by atoms with E-state index in [1.807, 2.05) is 68.6 Å². The molecule has 0 aliphatic carbocycles. The van der Waals surface area contributed by atoms with E-state index >= 15 is 0 Å². The molecule has 0 aliphatic heterocycles. The molecule has 33 heavy (non-hydrogen) atoms. The largest absolute Gasteiger partial charge is 0.459 e. The van der Waals surface area contributed by atoms with Crippen molar-refractivity contribution < 1.29 is 18.7 Å². The average molecular weight is 446 g/mol. The van der Waals surface area contributed by atoms with Crippen LogP contribution in [0.3, 0.4) is 0 Å². The number of hydrogen-bond acceptors (Lipinski definition) is 5.